The summed E-state index contributed by atoms with van der Waals surface area (Å²) in [6.07, 6.45) is 0. The molecule has 0 fully saturated rings. The third kappa shape index (κ3) is 2.47. The quantitative estimate of drug-likeness (QED) is 0.400. The second kappa shape index (κ2) is 6.37. The molecule has 0 unspecified atom stereocenters. The molecular weight excluding hydrogens is 392 g/mol. The van der Waals surface area contributed by atoms with Crippen molar-refractivity contribution < 1.29 is 19.0 Å². The number of fused-ring (bicyclic) bond motifs is 4. The molecule has 0 amide bonds. The van der Waals surface area contributed by atoms with Crippen LogP contribution in [0.5, 0.6) is 17.2 Å². The van der Waals surface area contributed by atoms with Crippen molar-refractivity contribution in [2.45, 2.75) is 5.79 Å². The summed E-state index contributed by atoms with van der Waals surface area (Å²) in [6.45, 7) is 0. The van der Waals surface area contributed by atoms with Crippen LogP contribution in [-0.4, -0.2) is 5.11 Å². The number of hydrogen-bond acceptors (Lipinski definition) is 5. The highest BCUT2D eigenvalue weighted by molar-refractivity contribution is 5.95. The fourth-order valence-corrected chi connectivity index (χ4v) is 4.10. The zero-order valence-electron chi connectivity index (χ0n) is 16.2. The number of rotatable bonds is 2. The lowest BCUT2D eigenvalue weighted by molar-refractivity contribution is -0.0456. The Bertz CT molecular complexity index is 1460. The first-order valence-corrected chi connectivity index (χ1v) is 9.88. The molecule has 1 N–H and O–H groups in total. The van der Waals surface area contributed by atoms with Crippen LogP contribution in [0.15, 0.2) is 100 Å². The molecule has 5 aromatic rings. The van der Waals surface area contributed by atoms with Crippen LogP contribution in [0, 0.1) is 0 Å². The molecule has 0 spiro atoms. The number of para-hydroxylation sites is 1. The summed E-state index contributed by atoms with van der Waals surface area (Å²) in [5.41, 5.74) is 1.72. The summed E-state index contributed by atoms with van der Waals surface area (Å²) in [7, 11) is 0. The lowest BCUT2D eigenvalue weighted by atomic mass is 9.97. The molecule has 0 saturated carbocycles. The summed E-state index contributed by atoms with van der Waals surface area (Å²) in [5, 5.41) is 10.9. The number of aromatic hydroxyl groups is 1. The predicted octanol–water partition coefficient (Wildman–Crippen LogP) is 5.32. The van der Waals surface area contributed by atoms with Gasteiger partial charge >= 0.3 is 5.79 Å². The molecule has 4 aromatic carbocycles. The first-order chi connectivity index (χ1) is 15.2. The smallest absolute Gasteiger partial charge is 0.305 e. The van der Waals surface area contributed by atoms with Gasteiger partial charge in [-0.25, -0.2) is 0 Å². The molecule has 0 bridgehead atoms. The summed E-state index contributed by atoms with van der Waals surface area (Å²) in [5.74, 6) is -0.554. The van der Waals surface area contributed by atoms with E-state index in [0.29, 0.717) is 22.3 Å². The molecular formula is C26H16O5. The zero-order valence-corrected chi connectivity index (χ0v) is 16.2. The van der Waals surface area contributed by atoms with Crippen LogP contribution in [0.2, 0.25) is 0 Å². The van der Waals surface area contributed by atoms with E-state index in [2.05, 4.69) is 0 Å². The van der Waals surface area contributed by atoms with Gasteiger partial charge < -0.3 is 19.0 Å². The van der Waals surface area contributed by atoms with E-state index >= 15 is 0 Å². The molecule has 5 nitrogen and oxygen atoms in total. The molecule has 150 valence electrons. The fraction of sp³-hybridized carbons (Fsp3) is 0.0385. The van der Waals surface area contributed by atoms with E-state index in [1.54, 1.807) is 24.3 Å². The van der Waals surface area contributed by atoms with Gasteiger partial charge in [0.05, 0.1) is 10.8 Å². The monoisotopic (exact) mass is 408 g/mol. The first kappa shape index (κ1) is 17.6. The topological polar surface area (TPSA) is 68.9 Å². The van der Waals surface area contributed by atoms with Gasteiger partial charge in [0.1, 0.15) is 0 Å². The van der Waals surface area contributed by atoms with E-state index in [1.165, 1.54) is 6.07 Å². The first-order valence-electron chi connectivity index (χ1n) is 9.88. The van der Waals surface area contributed by atoms with Crippen molar-refractivity contribution in [2.24, 2.45) is 0 Å². The maximum atomic E-state index is 13.1. The largest absolute Gasteiger partial charge is 0.504 e. The van der Waals surface area contributed by atoms with Crippen molar-refractivity contribution in [2.75, 3.05) is 0 Å². The average molecular weight is 408 g/mol. The van der Waals surface area contributed by atoms with E-state index < -0.39 is 5.79 Å². The summed E-state index contributed by atoms with van der Waals surface area (Å²) < 4.78 is 18.9. The highest BCUT2D eigenvalue weighted by atomic mass is 16.7. The second-order valence-electron chi connectivity index (χ2n) is 7.41. The SMILES string of the molecule is O=c1c2cccc(O)c2oc2c3c(ccc12)OC(c1ccccc1)(c1ccccc1)O3. The van der Waals surface area contributed by atoms with Crippen molar-refractivity contribution in [3.63, 3.8) is 0 Å². The minimum absolute atomic E-state index is 0.106. The lowest BCUT2D eigenvalue weighted by Gasteiger charge is -2.28. The number of ether oxygens (including phenoxy) is 2. The number of phenols is 1. The van der Waals surface area contributed by atoms with Crippen LogP contribution in [-0.2, 0) is 5.79 Å². The van der Waals surface area contributed by atoms with Crippen molar-refractivity contribution in [1.82, 2.24) is 0 Å². The number of hydrogen-bond donors (Lipinski definition) is 1. The number of phenolic OH excluding ortho intramolecular Hbond substituents is 1. The lowest BCUT2D eigenvalue weighted by Crippen LogP contribution is -2.36. The van der Waals surface area contributed by atoms with E-state index in [9.17, 15) is 9.90 Å². The van der Waals surface area contributed by atoms with Gasteiger partial charge in [0.25, 0.3) is 0 Å². The van der Waals surface area contributed by atoms with Gasteiger partial charge in [-0.3, -0.25) is 4.79 Å². The van der Waals surface area contributed by atoms with Crippen LogP contribution < -0.4 is 14.9 Å². The molecule has 1 aliphatic rings. The second-order valence-corrected chi connectivity index (χ2v) is 7.41. The highest BCUT2D eigenvalue weighted by Crippen LogP contribution is 2.50. The van der Waals surface area contributed by atoms with E-state index in [0.717, 1.165) is 11.1 Å². The van der Waals surface area contributed by atoms with Crippen molar-refractivity contribution >= 4 is 21.9 Å². The molecule has 0 aliphatic carbocycles. The van der Waals surface area contributed by atoms with Gasteiger partial charge in [0.15, 0.2) is 22.7 Å². The van der Waals surface area contributed by atoms with Gasteiger partial charge in [0, 0.05) is 11.1 Å². The Morgan fingerprint density at radius 1 is 0.645 bits per heavy atom. The standard InChI is InChI=1S/C26H16O5/c27-20-13-7-12-18-22(28)19-14-15-21-25(24(19)29-23(18)20)31-26(30-21,16-8-3-1-4-9-16)17-10-5-2-6-11-17/h1-15,27H. The van der Waals surface area contributed by atoms with Crippen LogP contribution in [0.3, 0.4) is 0 Å². The normalized spacial score (nSPS) is 14.2. The molecule has 1 aliphatic heterocycles. The highest BCUT2D eigenvalue weighted by Gasteiger charge is 2.46. The number of benzene rings is 4. The third-order valence-electron chi connectivity index (χ3n) is 5.57. The average Bonchev–Trinajstić information content (AvgIpc) is 3.23. The molecule has 31 heavy (non-hydrogen) atoms. The Morgan fingerprint density at radius 3 is 1.97 bits per heavy atom. The minimum Gasteiger partial charge on any atom is -0.504 e. The summed E-state index contributed by atoms with van der Waals surface area (Å²) in [6, 6.07) is 27.3. The van der Waals surface area contributed by atoms with Crippen molar-refractivity contribution in [3.05, 3.63) is 112 Å². The van der Waals surface area contributed by atoms with Crippen LogP contribution >= 0.6 is 0 Å². The molecule has 2 heterocycles. The summed E-state index contributed by atoms with van der Waals surface area (Å²) >= 11 is 0. The summed E-state index contributed by atoms with van der Waals surface area (Å²) in [4.78, 5) is 13.1. The van der Waals surface area contributed by atoms with Gasteiger partial charge in [-0.15, -0.1) is 0 Å². The van der Waals surface area contributed by atoms with E-state index in [4.69, 9.17) is 13.9 Å². The van der Waals surface area contributed by atoms with Crippen LogP contribution in [0.1, 0.15) is 11.1 Å². The molecule has 0 saturated heterocycles. The Kier molecular flexibility index (Phi) is 3.62. The van der Waals surface area contributed by atoms with Crippen LogP contribution in [0.25, 0.3) is 21.9 Å². The molecule has 5 heteroatoms. The maximum absolute atomic E-state index is 13.1. The molecule has 6 rings (SSSR count). The zero-order chi connectivity index (χ0) is 21.0. The molecule has 0 radical (unpaired) electrons. The Morgan fingerprint density at radius 2 is 1.29 bits per heavy atom. The molecule has 1 aromatic heterocycles. The van der Waals surface area contributed by atoms with Crippen LogP contribution in [0.4, 0.5) is 0 Å². The van der Waals surface area contributed by atoms with Crippen molar-refractivity contribution in [1.29, 1.82) is 0 Å². The molecule has 0 atom stereocenters. The van der Waals surface area contributed by atoms with Crippen molar-refractivity contribution in [3.8, 4) is 17.2 Å². The predicted molar refractivity (Wildman–Crippen MR) is 117 cm³/mol. The van der Waals surface area contributed by atoms with Gasteiger partial charge in [-0.1, -0.05) is 66.7 Å². The van der Waals surface area contributed by atoms with E-state index in [1.807, 2.05) is 60.7 Å². The Hall–Kier alpha value is -4.25. The third-order valence-corrected chi connectivity index (χ3v) is 5.57. The maximum Gasteiger partial charge on any atom is 0.305 e. The minimum atomic E-state index is -1.23. The Labute approximate surface area is 176 Å². The van der Waals surface area contributed by atoms with E-state index in [-0.39, 0.29) is 22.3 Å². The van der Waals surface area contributed by atoms with Gasteiger partial charge in [0.2, 0.25) is 11.2 Å². The fourth-order valence-electron chi connectivity index (χ4n) is 4.10. The van der Waals surface area contributed by atoms with Gasteiger partial charge in [-0.2, -0.15) is 0 Å². The Balaban J connectivity index is 1.64. The van der Waals surface area contributed by atoms with Gasteiger partial charge in [-0.05, 0) is 24.3 Å².